The number of hydrogen-bond donors (Lipinski definition) is 1. The Hall–Kier alpha value is -0.790. The molecule has 0 amide bonds. The van der Waals surface area contributed by atoms with Crippen molar-refractivity contribution in [1.82, 2.24) is 0 Å². The average Bonchev–Trinajstić information content (AvgIpc) is 1.89. The summed E-state index contributed by atoms with van der Waals surface area (Å²) in [5.74, 6) is 0.696. The third-order valence-corrected chi connectivity index (χ3v) is 1.09. The van der Waals surface area contributed by atoms with Gasteiger partial charge in [-0.1, -0.05) is 6.92 Å². The number of allylic oxidation sites excluding steroid dienone is 2. The highest BCUT2D eigenvalue weighted by Gasteiger charge is 1.96. The lowest BCUT2D eigenvalue weighted by atomic mass is 10.3. The van der Waals surface area contributed by atoms with Crippen LogP contribution in [0, 0.1) is 5.41 Å². The Balaban J connectivity index is 3.74. The molecule has 0 heterocycles. The van der Waals surface area contributed by atoms with Gasteiger partial charge >= 0.3 is 0 Å². The Morgan fingerprint density at radius 2 is 2.20 bits per heavy atom. The molecule has 0 rings (SSSR count). The Labute approximate surface area is 62.4 Å². The highest BCUT2D eigenvalue weighted by molar-refractivity contribution is 5.93. The molecule has 10 heavy (non-hydrogen) atoms. The van der Waals surface area contributed by atoms with E-state index in [1.54, 1.807) is 6.92 Å². The lowest BCUT2D eigenvalue weighted by Crippen LogP contribution is -2.01. The molecule has 0 aliphatic carbocycles. The normalized spacial score (nSPS) is 11.3. The van der Waals surface area contributed by atoms with Crippen LogP contribution < -0.4 is 0 Å². The van der Waals surface area contributed by atoms with E-state index in [1.807, 2.05) is 19.9 Å². The van der Waals surface area contributed by atoms with E-state index in [-0.39, 0.29) is 0 Å². The van der Waals surface area contributed by atoms with E-state index < -0.39 is 0 Å². The van der Waals surface area contributed by atoms with Crippen molar-refractivity contribution < 1.29 is 4.74 Å². The molecule has 0 aromatic rings. The summed E-state index contributed by atoms with van der Waals surface area (Å²) in [5, 5.41) is 7.24. The first-order valence-corrected chi connectivity index (χ1v) is 3.57. The monoisotopic (exact) mass is 141 g/mol. The van der Waals surface area contributed by atoms with E-state index in [4.69, 9.17) is 10.1 Å². The van der Waals surface area contributed by atoms with Gasteiger partial charge in [-0.05, 0) is 26.3 Å². The molecule has 0 bridgehead atoms. The summed E-state index contributed by atoms with van der Waals surface area (Å²) >= 11 is 0. The second-order valence-electron chi connectivity index (χ2n) is 2.13. The van der Waals surface area contributed by atoms with Gasteiger partial charge in [0.1, 0.15) is 5.76 Å². The van der Waals surface area contributed by atoms with E-state index in [9.17, 15) is 0 Å². The fraction of sp³-hybridized carbons (Fsp3) is 0.625. The van der Waals surface area contributed by atoms with Crippen molar-refractivity contribution in [2.45, 2.75) is 27.2 Å². The Kier molecular flexibility index (Phi) is 4.63. The minimum Gasteiger partial charge on any atom is -0.492 e. The first-order chi connectivity index (χ1) is 4.72. The van der Waals surface area contributed by atoms with Crippen LogP contribution in [0.3, 0.4) is 0 Å². The van der Waals surface area contributed by atoms with E-state index in [0.717, 1.165) is 6.42 Å². The van der Waals surface area contributed by atoms with E-state index in [1.165, 1.54) is 0 Å². The second-order valence-corrected chi connectivity index (χ2v) is 2.13. The summed E-state index contributed by atoms with van der Waals surface area (Å²) in [6.45, 7) is 6.36. The van der Waals surface area contributed by atoms with Gasteiger partial charge in [0.2, 0.25) is 0 Å². The van der Waals surface area contributed by atoms with Crippen LogP contribution in [-0.4, -0.2) is 12.3 Å². The van der Waals surface area contributed by atoms with Crippen LogP contribution in [0.25, 0.3) is 0 Å². The third-order valence-electron chi connectivity index (χ3n) is 1.09. The van der Waals surface area contributed by atoms with Crippen molar-refractivity contribution in [1.29, 1.82) is 5.41 Å². The fourth-order valence-electron chi connectivity index (χ4n) is 0.620. The van der Waals surface area contributed by atoms with Gasteiger partial charge in [-0.15, -0.1) is 0 Å². The quantitative estimate of drug-likeness (QED) is 0.473. The molecule has 2 nitrogen and oxygen atoms in total. The SMILES string of the molecule is C/C=C(/OCCC)C(C)=N. The fourth-order valence-corrected chi connectivity index (χ4v) is 0.620. The molecular weight excluding hydrogens is 126 g/mol. The Bertz CT molecular complexity index is 138. The van der Waals surface area contributed by atoms with Crippen molar-refractivity contribution in [3.63, 3.8) is 0 Å². The smallest absolute Gasteiger partial charge is 0.135 e. The summed E-state index contributed by atoms with van der Waals surface area (Å²) in [6.07, 6.45) is 2.81. The van der Waals surface area contributed by atoms with Gasteiger partial charge < -0.3 is 10.1 Å². The highest BCUT2D eigenvalue weighted by Crippen LogP contribution is 1.99. The van der Waals surface area contributed by atoms with E-state index in [0.29, 0.717) is 18.1 Å². The molecule has 0 aromatic carbocycles. The number of nitrogens with one attached hydrogen (secondary N) is 1. The van der Waals surface area contributed by atoms with Crippen LogP contribution in [0.1, 0.15) is 27.2 Å². The third kappa shape index (κ3) is 3.28. The van der Waals surface area contributed by atoms with Crippen LogP contribution in [0.5, 0.6) is 0 Å². The molecule has 0 atom stereocenters. The highest BCUT2D eigenvalue weighted by atomic mass is 16.5. The molecule has 0 aliphatic rings. The van der Waals surface area contributed by atoms with Gasteiger partial charge in [0.25, 0.3) is 0 Å². The minimum absolute atomic E-state index is 0.496. The van der Waals surface area contributed by atoms with Crippen LogP contribution in [0.15, 0.2) is 11.8 Å². The summed E-state index contributed by atoms with van der Waals surface area (Å²) in [6, 6.07) is 0. The van der Waals surface area contributed by atoms with E-state index >= 15 is 0 Å². The van der Waals surface area contributed by atoms with Gasteiger partial charge in [-0.2, -0.15) is 0 Å². The zero-order valence-corrected chi connectivity index (χ0v) is 6.90. The first kappa shape index (κ1) is 9.21. The molecule has 0 aliphatic heterocycles. The van der Waals surface area contributed by atoms with Crippen LogP contribution in [-0.2, 0) is 4.74 Å². The maximum Gasteiger partial charge on any atom is 0.135 e. The summed E-state index contributed by atoms with van der Waals surface area (Å²) in [5.41, 5.74) is 0.496. The maximum atomic E-state index is 7.24. The predicted octanol–water partition coefficient (Wildman–Crippen LogP) is 2.36. The molecule has 0 radical (unpaired) electrons. The van der Waals surface area contributed by atoms with Gasteiger partial charge in [0.15, 0.2) is 0 Å². The molecule has 0 aromatic heterocycles. The van der Waals surface area contributed by atoms with Crippen LogP contribution in [0.2, 0.25) is 0 Å². The van der Waals surface area contributed by atoms with Crippen molar-refractivity contribution >= 4 is 5.71 Å². The van der Waals surface area contributed by atoms with Crippen LogP contribution >= 0.6 is 0 Å². The van der Waals surface area contributed by atoms with Gasteiger partial charge in [-0.25, -0.2) is 0 Å². The average molecular weight is 141 g/mol. The molecule has 0 unspecified atom stereocenters. The molecule has 0 fully saturated rings. The lowest BCUT2D eigenvalue weighted by molar-refractivity contribution is 0.230. The second kappa shape index (κ2) is 5.03. The molecule has 0 saturated heterocycles. The van der Waals surface area contributed by atoms with Crippen molar-refractivity contribution in [3.8, 4) is 0 Å². The molecule has 2 heteroatoms. The minimum atomic E-state index is 0.496. The largest absolute Gasteiger partial charge is 0.492 e. The Morgan fingerprint density at radius 1 is 1.60 bits per heavy atom. The van der Waals surface area contributed by atoms with Crippen molar-refractivity contribution in [3.05, 3.63) is 11.8 Å². The standard InChI is InChI=1S/C8H15NO/c1-4-6-10-8(5-2)7(3)9/h5,9H,4,6H2,1-3H3/b8-5+,9-7?. The summed E-state index contributed by atoms with van der Waals surface area (Å²) < 4.78 is 5.24. The topological polar surface area (TPSA) is 33.1 Å². The van der Waals surface area contributed by atoms with Gasteiger partial charge in [0.05, 0.1) is 12.3 Å². The molecule has 58 valence electrons. The Morgan fingerprint density at radius 3 is 2.50 bits per heavy atom. The van der Waals surface area contributed by atoms with Crippen LogP contribution in [0.4, 0.5) is 0 Å². The zero-order valence-electron chi connectivity index (χ0n) is 6.90. The predicted molar refractivity (Wildman–Crippen MR) is 43.4 cm³/mol. The van der Waals surface area contributed by atoms with Gasteiger partial charge in [0, 0.05) is 0 Å². The van der Waals surface area contributed by atoms with E-state index in [2.05, 4.69) is 0 Å². The van der Waals surface area contributed by atoms with Crippen molar-refractivity contribution in [2.24, 2.45) is 0 Å². The lowest BCUT2D eigenvalue weighted by Gasteiger charge is -2.05. The molecule has 0 saturated carbocycles. The van der Waals surface area contributed by atoms with Gasteiger partial charge in [-0.3, -0.25) is 0 Å². The van der Waals surface area contributed by atoms with Crippen molar-refractivity contribution in [2.75, 3.05) is 6.61 Å². The maximum absolute atomic E-state index is 7.24. The number of hydrogen-bond acceptors (Lipinski definition) is 2. The summed E-state index contributed by atoms with van der Waals surface area (Å²) in [7, 11) is 0. The molecule has 0 spiro atoms. The molecular formula is C8H15NO. The zero-order chi connectivity index (χ0) is 7.98. The number of ether oxygens (including phenoxy) is 1. The first-order valence-electron chi connectivity index (χ1n) is 3.57. The molecule has 1 N–H and O–H groups in total. The number of rotatable bonds is 4. The summed E-state index contributed by atoms with van der Waals surface area (Å²) in [4.78, 5) is 0.